The number of carbonyl (C=O) groups excluding carboxylic acids is 1. The van der Waals surface area contributed by atoms with Crippen LogP contribution in [0.4, 0.5) is 0 Å². The number of Topliss-reactive ketones (excluding diaryl/α,β-unsaturated/α-hetero) is 1. The van der Waals surface area contributed by atoms with E-state index in [1.165, 1.54) is 5.57 Å². The SMILES string of the molecule is CCC(=O)C1CC(C)=CC(C)C1C. The van der Waals surface area contributed by atoms with Gasteiger partial charge in [0.1, 0.15) is 5.78 Å². The van der Waals surface area contributed by atoms with Gasteiger partial charge < -0.3 is 0 Å². The van der Waals surface area contributed by atoms with Crippen molar-refractivity contribution in [3.05, 3.63) is 11.6 Å². The van der Waals surface area contributed by atoms with Gasteiger partial charge >= 0.3 is 0 Å². The first kappa shape index (κ1) is 10.5. The highest BCUT2D eigenvalue weighted by Crippen LogP contribution is 2.34. The standard InChI is InChI=1S/C12H20O/c1-5-12(13)11-7-8(2)6-9(3)10(11)4/h6,9-11H,5,7H2,1-4H3. The van der Waals surface area contributed by atoms with E-state index in [4.69, 9.17) is 0 Å². The molecule has 1 nitrogen and oxygen atoms in total. The minimum atomic E-state index is 0.282. The molecule has 1 aliphatic carbocycles. The van der Waals surface area contributed by atoms with Gasteiger partial charge in [0.2, 0.25) is 0 Å². The molecule has 0 aromatic carbocycles. The van der Waals surface area contributed by atoms with Gasteiger partial charge in [-0.1, -0.05) is 32.4 Å². The van der Waals surface area contributed by atoms with Crippen molar-refractivity contribution >= 4 is 5.78 Å². The van der Waals surface area contributed by atoms with Crippen molar-refractivity contribution < 1.29 is 4.79 Å². The minimum Gasteiger partial charge on any atom is -0.299 e. The van der Waals surface area contributed by atoms with Gasteiger partial charge in [0.15, 0.2) is 0 Å². The molecule has 0 bridgehead atoms. The van der Waals surface area contributed by atoms with E-state index >= 15 is 0 Å². The normalized spacial score (nSPS) is 34.2. The molecular formula is C12H20O. The number of hydrogen-bond donors (Lipinski definition) is 0. The molecule has 1 rings (SSSR count). The number of carbonyl (C=O) groups is 1. The molecule has 0 aliphatic heterocycles. The second kappa shape index (κ2) is 4.08. The van der Waals surface area contributed by atoms with Gasteiger partial charge in [0.25, 0.3) is 0 Å². The number of ketones is 1. The molecule has 1 heteroatoms. The predicted molar refractivity (Wildman–Crippen MR) is 55.5 cm³/mol. The molecule has 3 atom stereocenters. The average Bonchev–Trinajstić information content (AvgIpc) is 2.10. The average molecular weight is 180 g/mol. The minimum absolute atomic E-state index is 0.282. The Morgan fingerprint density at radius 2 is 2.15 bits per heavy atom. The first-order valence-electron chi connectivity index (χ1n) is 5.26. The van der Waals surface area contributed by atoms with Gasteiger partial charge in [-0.15, -0.1) is 0 Å². The van der Waals surface area contributed by atoms with Crippen LogP contribution in [-0.4, -0.2) is 5.78 Å². The maximum absolute atomic E-state index is 11.6. The Labute approximate surface area is 81.2 Å². The van der Waals surface area contributed by atoms with Crippen LogP contribution in [0.5, 0.6) is 0 Å². The van der Waals surface area contributed by atoms with E-state index in [0.717, 1.165) is 6.42 Å². The van der Waals surface area contributed by atoms with Crippen LogP contribution < -0.4 is 0 Å². The highest BCUT2D eigenvalue weighted by molar-refractivity contribution is 5.81. The number of hydrogen-bond acceptors (Lipinski definition) is 1. The van der Waals surface area contributed by atoms with Gasteiger partial charge in [0, 0.05) is 12.3 Å². The van der Waals surface area contributed by atoms with Crippen LogP contribution in [0.25, 0.3) is 0 Å². The van der Waals surface area contributed by atoms with E-state index in [0.29, 0.717) is 24.0 Å². The van der Waals surface area contributed by atoms with E-state index in [9.17, 15) is 4.79 Å². The molecular weight excluding hydrogens is 160 g/mol. The molecule has 0 spiro atoms. The Bertz CT molecular complexity index is 227. The van der Waals surface area contributed by atoms with E-state index in [-0.39, 0.29) is 5.92 Å². The van der Waals surface area contributed by atoms with Crippen molar-refractivity contribution in [3.63, 3.8) is 0 Å². The fraction of sp³-hybridized carbons (Fsp3) is 0.750. The quantitative estimate of drug-likeness (QED) is 0.596. The number of allylic oxidation sites excluding steroid dienone is 2. The van der Waals surface area contributed by atoms with Crippen molar-refractivity contribution in [2.24, 2.45) is 17.8 Å². The molecule has 0 saturated heterocycles. The third-order valence-electron chi connectivity index (χ3n) is 3.32. The first-order valence-corrected chi connectivity index (χ1v) is 5.26. The van der Waals surface area contributed by atoms with Gasteiger partial charge in [-0.3, -0.25) is 4.79 Å². The summed E-state index contributed by atoms with van der Waals surface area (Å²) in [6.45, 7) is 8.51. The third kappa shape index (κ3) is 2.20. The van der Waals surface area contributed by atoms with Crippen LogP contribution in [0.15, 0.2) is 11.6 Å². The highest BCUT2D eigenvalue weighted by Gasteiger charge is 2.30. The third-order valence-corrected chi connectivity index (χ3v) is 3.32. The van der Waals surface area contributed by atoms with Crippen LogP contribution in [-0.2, 0) is 4.79 Å². The Hall–Kier alpha value is -0.590. The molecule has 0 radical (unpaired) electrons. The van der Waals surface area contributed by atoms with Crippen molar-refractivity contribution in [2.75, 3.05) is 0 Å². The van der Waals surface area contributed by atoms with Gasteiger partial charge in [-0.25, -0.2) is 0 Å². The summed E-state index contributed by atoms with van der Waals surface area (Å²) in [5.74, 6) is 1.81. The molecule has 0 heterocycles. The van der Waals surface area contributed by atoms with Gasteiger partial charge in [0.05, 0.1) is 0 Å². The Morgan fingerprint density at radius 3 is 2.69 bits per heavy atom. The smallest absolute Gasteiger partial charge is 0.136 e. The summed E-state index contributed by atoms with van der Waals surface area (Å²) >= 11 is 0. The topological polar surface area (TPSA) is 17.1 Å². The lowest BCUT2D eigenvalue weighted by atomic mass is 9.73. The summed E-state index contributed by atoms with van der Waals surface area (Å²) in [6, 6.07) is 0. The van der Waals surface area contributed by atoms with Gasteiger partial charge in [-0.2, -0.15) is 0 Å². The zero-order chi connectivity index (χ0) is 10.0. The van der Waals surface area contributed by atoms with Crippen LogP contribution in [0.2, 0.25) is 0 Å². The largest absolute Gasteiger partial charge is 0.299 e. The monoisotopic (exact) mass is 180 g/mol. The van der Waals surface area contributed by atoms with Crippen molar-refractivity contribution in [2.45, 2.75) is 40.5 Å². The lowest BCUT2D eigenvalue weighted by Gasteiger charge is -2.31. The fourth-order valence-electron chi connectivity index (χ4n) is 2.24. The summed E-state index contributed by atoms with van der Waals surface area (Å²) in [4.78, 5) is 11.6. The van der Waals surface area contributed by atoms with Crippen LogP contribution >= 0.6 is 0 Å². The van der Waals surface area contributed by atoms with E-state index < -0.39 is 0 Å². The lowest BCUT2D eigenvalue weighted by Crippen LogP contribution is -2.28. The number of rotatable bonds is 2. The summed E-state index contributed by atoms with van der Waals surface area (Å²) in [6.07, 6.45) is 3.98. The Balaban J connectivity index is 2.77. The lowest BCUT2D eigenvalue weighted by molar-refractivity contribution is -0.124. The molecule has 0 amide bonds. The molecule has 3 unspecified atom stereocenters. The summed E-state index contributed by atoms with van der Waals surface area (Å²) in [5, 5.41) is 0. The molecule has 0 fully saturated rings. The van der Waals surface area contributed by atoms with Crippen molar-refractivity contribution in [3.8, 4) is 0 Å². The Kier molecular flexibility index (Phi) is 3.29. The van der Waals surface area contributed by atoms with E-state index in [1.54, 1.807) is 0 Å². The van der Waals surface area contributed by atoms with Crippen molar-refractivity contribution in [1.82, 2.24) is 0 Å². The zero-order valence-electron chi connectivity index (χ0n) is 9.13. The van der Waals surface area contributed by atoms with Crippen LogP contribution in [0.3, 0.4) is 0 Å². The maximum Gasteiger partial charge on any atom is 0.136 e. The maximum atomic E-state index is 11.6. The first-order chi connectivity index (χ1) is 6.06. The fourth-order valence-corrected chi connectivity index (χ4v) is 2.24. The molecule has 0 aromatic rings. The Morgan fingerprint density at radius 1 is 1.54 bits per heavy atom. The summed E-state index contributed by atoms with van der Waals surface area (Å²) in [7, 11) is 0. The predicted octanol–water partition coefficient (Wildman–Crippen LogP) is 3.20. The summed E-state index contributed by atoms with van der Waals surface area (Å²) < 4.78 is 0. The molecule has 0 saturated carbocycles. The van der Waals surface area contributed by atoms with Crippen molar-refractivity contribution in [1.29, 1.82) is 0 Å². The van der Waals surface area contributed by atoms with Crippen LogP contribution in [0, 0.1) is 17.8 Å². The zero-order valence-corrected chi connectivity index (χ0v) is 9.13. The molecule has 0 N–H and O–H groups in total. The van der Waals surface area contributed by atoms with Crippen LogP contribution in [0.1, 0.15) is 40.5 Å². The van der Waals surface area contributed by atoms with Gasteiger partial charge in [-0.05, 0) is 25.2 Å². The van der Waals surface area contributed by atoms with E-state index in [1.807, 2.05) is 6.92 Å². The molecule has 74 valence electrons. The molecule has 0 aromatic heterocycles. The second-order valence-corrected chi connectivity index (χ2v) is 4.36. The molecule has 13 heavy (non-hydrogen) atoms. The van der Waals surface area contributed by atoms with E-state index in [2.05, 4.69) is 26.8 Å². The molecule has 1 aliphatic rings. The second-order valence-electron chi connectivity index (χ2n) is 4.36. The summed E-state index contributed by atoms with van der Waals surface area (Å²) in [5.41, 5.74) is 1.39. The highest BCUT2D eigenvalue weighted by atomic mass is 16.1.